The zero-order chi connectivity index (χ0) is 35.6. The molecule has 0 unspecified atom stereocenters. The molecule has 0 aliphatic heterocycles. The molecule has 0 aliphatic rings. The molecule has 54 heavy (non-hydrogen) atoms. The van der Waals surface area contributed by atoms with Crippen LogP contribution in [0.15, 0.2) is 186 Å². The van der Waals surface area contributed by atoms with Gasteiger partial charge >= 0.3 is 0 Å². The van der Waals surface area contributed by atoms with E-state index in [9.17, 15) is 0 Å². The summed E-state index contributed by atoms with van der Waals surface area (Å²) in [5, 5.41) is 6.82. The SMILES string of the molecule is c1ccc(-c2cc(-n3c4ccccc4c4ccccc43)c3c(c2)oc2cc(-c4nc(-c5ccccc5)nc(-c5ccc6ccccc6c5)n4)ccc23)cc1. The molecule has 3 heterocycles. The van der Waals surface area contributed by atoms with Crippen molar-refractivity contribution in [3.8, 4) is 51.0 Å². The van der Waals surface area contributed by atoms with Gasteiger partial charge in [-0.25, -0.2) is 15.0 Å². The third-order valence-corrected chi connectivity index (χ3v) is 10.4. The van der Waals surface area contributed by atoms with Crippen LogP contribution in [0, 0.1) is 0 Å². The van der Waals surface area contributed by atoms with Crippen LogP contribution >= 0.6 is 0 Å². The van der Waals surface area contributed by atoms with Crippen molar-refractivity contribution < 1.29 is 4.42 Å². The molecule has 11 rings (SSSR count). The summed E-state index contributed by atoms with van der Waals surface area (Å²) >= 11 is 0. The fourth-order valence-electron chi connectivity index (χ4n) is 7.86. The van der Waals surface area contributed by atoms with E-state index in [-0.39, 0.29) is 0 Å². The summed E-state index contributed by atoms with van der Waals surface area (Å²) < 4.78 is 9.22. The largest absolute Gasteiger partial charge is 0.456 e. The maximum absolute atomic E-state index is 6.83. The van der Waals surface area contributed by atoms with Gasteiger partial charge in [-0.2, -0.15) is 0 Å². The molecule has 0 amide bonds. The number of hydrogen-bond donors (Lipinski definition) is 0. The zero-order valence-corrected chi connectivity index (χ0v) is 29.0. The lowest BCUT2D eigenvalue weighted by Gasteiger charge is -2.12. The maximum Gasteiger partial charge on any atom is 0.164 e. The Hall–Kier alpha value is -7.37. The van der Waals surface area contributed by atoms with Crippen molar-refractivity contribution in [1.82, 2.24) is 19.5 Å². The minimum Gasteiger partial charge on any atom is -0.456 e. The Morgan fingerprint density at radius 1 is 0.352 bits per heavy atom. The Kier molecular flexibility index (Phi) is 6.79. The first kappa shape index (κ1) is 30.3. The van der Waals surface area contributed by atoms with E-state index in [1.807, 2.05) is 30.3 Å². The maximum atomic E-state index is 6.83. The lowest BCUT2D eigenvalue weighted by atomic mass is 10.0. The van der Waals surface area contributed by atoms with Gasteiger partial charge in [0.25, 0.3) is 0 Å². The van der Waals surface area contributed by atoms with Crippen LogP contribution in [0.25, 0.3) is 105 Å². The van der Waals surface area contributed by atoms with E-state index in [1.165, 1.54) is 16.2 Å². The molecule has 8 aromatic carbocycles. The van der Waals surface area contributed by atoms with Crippen LogP contribution in [-0.4, -0.2) is 19.5 Å². The zero-order valence-electron chi connectivity index (χ0n) is 29.0. The Morgan fingerprint density at radius 2 is 0.889 bits per heavy atom. The molecule has 0 saturated heterocycles. The summed E-state index contributed by atoms with van der Waals surface area (Å²) in [6, 6.07) is 63.3. The third-order valence-electron chi connectivity index (χ3n) is 10.4. The van der Waals surface area contributed by atoms with E-state index in [0.29, 0.717) is 17.5 Å². The highest BCUT2D eigenvalue weighted by Gasteiger charge is 2.21. The van der Waals surface area contributed by atoms with Crippen molar-refractivity contribution in [3.05, 3.63) is 182 Å². The molecule has 252 valence electrons. The van der Waals surface area contributed by atoms with Crippen LogP contribution in [0.3, 0.4) is 0 Å². The summed E-state index contributed by atoms with van der Waals surface area (Å²) in [6.45, 7) is 0. The highest BCUT2D eigenvalue weighted by atomic mass is 16.3. The molecule has 0 aliphatic carbocycles. The minimum atomic E-state index is 0.585. The third kappa shape index (κ3) is 4.90. The van der Waals surface area contributed by atoms with Crippen LogP contribution in [0.1, 0.15) is 0 Å². The molecule has 3 aromatic heterocycles. The summed E-state index contributed by atoms with van der Waals surface area (Å²) in [5.74, 6) is 1.83. The van der Waals surface area contributed by atoms with E-state index >= 15 is 0 Å². The molecule has 11 aromatic rings. The number of fused-ring (bicyclic) bond motifs is 7. The van der Waals surface area contributed by atoms with E-state index in [0.717, 1.165) is 71.9 Å². The lowest BCUT2D eigenvalue weighted by Crippen LogP contribution is -2.00. The number of aromatic nitrogens is 4. The smallest absolute Gasteiger partial charge is 0.164 e. The van der Waals surface area contributed by atoms with E-state index < -0.39 is 0 Å². The molecule has 0 spiro atoms. The second-order valence-electron chi connectivity index (χ2n) is 13.7. The summed E-state index contributed by atoms with van der Waals surface area (Å²) in [6.07, 6.45) is 0. The van der Waals surface area contributed by atoms with Gasteiger partial charge in [0, 0.05) is 32.8 Å². The number of rotatable bonds is 5. The molecule has 0 radical (unpaired) electrons. The first-order chi connectivity index (χ1) is 26.7. The van der Waals surface area contributed by atoms with Crippen LogP contribution in [-0.2, 0) is 0 Å². The van der Waals surface area contributed by atoms with Crippen molar-refractivity contribution in [1.29, 1.82) is 0 Å². The number of nitrogens with zero attached hydrogens (tertiary/aromatic N) is 4. The second-order valence-corrected chi connectivity index (χ2v) is 13.7. The Morgan fingerprint density at radius 3 is 1.59 bits per heavy atom. The molecular weight excluding hydrogens is 661 g/mol. The first-order valence-electron chi connectivity index (χ1n) is 18.1. The number of benzene rings is 8. The van der Waals surface area contributed by atoms with Gasteiger partial charge in [0.2, 0.25) is 0 Å². The molecule has 0 fully saturated rings. The second kappa shape index (κ2) is 12.1. The van der Waals surface area contributed by atoms with Crippen molar-refractivity contribution in [2.75, 3.05) is 0 Å². The molecule has 0 saturated carbocycles. The van der Waals surface area contributed by atoms with Gasteiger partial charge in [-0.15, -0.1) is 0 Å². The van der Waals surface area contributed by atoms with Gasteiger partial charge in [-0.05, 0) is 64.4 Å². The molecule has 0 N–H and O–H groups in total. The van der Waals surface area contributed by atoms with Crippen molar-refractivity contribution in [3.63, 3.8) is 0 Å². The average Bonchev–Trinajstić information content (AvgIpc) is 3.79. The number of furan rings is 1. The van der Waals surface area contributed by atoms with Crippen molar-refractivity contribution >= 4 is 54.5 Å². The van der Waals surface area contributed by atoms with Gasteiger partial charge in [-0.3, -0.25) is 0 Å². The van der Waals surface area contributed by atoms with E-state index in [4.69, 9.17) is 19.4 Å². The van der Waals surface area contributed by atoms with Gasteiger partial charge in [0.1, 0.15) is 11.2 Å². The van der Waals surface area contributed by atoms with Crippen LogP contribution in [0.5, 0.6) is 0 Å². The van der Waals surface area contributed by atoms with Gasteiger partial charge < -0.3 is 8.98 Å². The van der Waals surface area contributed by atoms with Crippen LogP contribution in [0.2, 0.25) is 0 Å². The first-order valence-corrected chi connectivity index (χ1v) is 18.1. The van der Waals surface area contributed by atoms with Gasteiger partial charge in [0.05, 0.1) is 22.1 Å². The highest BCUT2D eigenvalue weighted by molar-refractivity contribution is 6.15. The average molecular weight is 691 g/mol. The monoisotopic (exact) mass is 690 g/mol. The number of para-hydroxylation sites is 2. The van der Waals surface area contributed by atoms with Crippen molar-refractivity contribution in [2.45, 2.75) is 0 Å². The topological polar surface area (TPSA) is 56.7 Å². The molecule has 5 heteroatoms. The number of hydrogen-bond acceptors (Lipinski definition) is 4. The lowest BCUT2D eigenvalue weighted by molar-refractivity contribution is 0.669. The van der Waals surface area contributed by atoms with E-state index in [2.05, 4.69) is 156 Å². The molecule has 0 bridgehead atoms. The fourth-order valence-corrected chi connectivity index (χ4v) is 7.86. The Bertz CT molecular complexity index is 3160. The highest BCUT2D eigenvalue weighted by Crippen LogP contribution is 2.42. The quantitative estimate of drug-likeness (QED) is 0.180. The van der Waals surface area contributed by atoms with Gasteiger partial charge in [-0.1, -0.05) is 140 Å². The van der Waals surface area contributed by atoms with Crippen LogP contribution < -0.4 is 0 Å². The fraction of sp³-hybridized carbons (Fsp3) is 0. The van der Waals surface area contributed by atoms with Gasteiger partial charge in [0.15, 0.2) is 17.5 Å². The van der Waals surface area contributed by atoms with Crippen molar-refractivity contribution in [2.24, 2.45) is 0 Å². The summed E-state index contributed by atoms with van der Waals surface area (Å²) in [4.78, 5) is 15.1. The molecular formula is C49H30N4O. The Labute approximate surface area is 310 Å². The predicted octanol–water partition coefficient (Wildman–Crippen LogP) is 12.7. The standard InChI is InChI=1S/C49H30N4O/c1-3-13-31(14-4-1)37-28-43(53-41-21-11-9-19-38(41)39-20-10-12-22-42(39)53)46-40-26-25-36(29-44(40)54-45(46)30-37)49-51-47(33-16-5-2-6-17-33)50-48(52-49)35-24-23-32-15-7-8-18-34(32)27-35/h1-30H. The normalized spacial score (nSPS) is 11.7. The minimum absolute atomic E-state index is 0.585. The summed E-state index contributed by atoms with van der Waals surface area (Å²) in [5.41, 5.74) is 9.88. The molecule has 5 nitrogen and oxygen atoms in total. The molecule has 0 atom stereocenters. The van der Waals surface area contributed by atoms with E-state index in [1.54, 1.807) is 0 Å². The predicted molar refractivity (Wildman–Crippen MR) is 221 cm³/mol. The van der Waals surface area contributed by atoms with Crippen LogP contribution in [0.4, 0.5) is 0 Å². The summed E-state index contributed by atoms with van der Waals surface area (Å²) in [7, 11) is 0. The Balaban J connectivity index is 1.15.